The maximum absolute atomic E-state index is 11.8. The lowest BCUT2D eigenvalue weighted by atomic mass is 10.1. The summed E-state index contributed by atoms with van der Waals surface area (Å²) >= 11 is 6.87. The summed E-state index contributed by atoms with van der Waals surface area (Å²) in [7, 11) is 1.39. The van der Waals surface area contributed by atoms with Crippen LogP contribution >= 0.6 is 31.9 Å². The van der Waals surface area contributed by atoms with Crippen LogP contribution in [0.5, 0.6) is 0 Å². The van der Waals surface area contributed by atoms with Gasteiger partial charge in [0.1, 0.15) is 0 Å². The third-order valence-electron chi connectivity index (χ3n) is 2.87. The van der Waals surface area contributed by atoms with Gasteiger partial charge in [-0.2, -0.15) is 0 Å². The van der Waals surface area contributed by atoms with Crippen molar-refractivity contribution in [3.63, 3.8) is 0 Å². The molecule has 0 fully saturated rings. The Balaban J connectivity index is 2.95. The van der Waals surface area contributed by atoms with E-state index in [2.05, 4.69) is 51.0 Å². The van der Waals surface area contributed by atoms with Crippen molar-refractivity contribution in [1.29, 1.82) is 0 Å². The van der Waals surface area contributed by atoms with Gasteiger partial charge in [0.05, 0.1) is 18.4 Å². The van der Waals surface area contributed by atoms with E-state index in [-0.39, 0.29) is 5.97 Å². The van der Waals surface area contributed by atoms with Crippen LogP contribution in [-0.4, -0.2) is 19.6 Å². The number of carbonyl (C=O) groups is 1. The van der Waals surface area contributed by atoms with Gasteiger partial charge in [0.2, 0.25) is 0 Å². The molecule has 106 valence electrons. The van der Waals surface area contributed by atoms with Crippen LogP contribution < -0.4 is 5.32 Å². The molecule has 0 bridgehead atoms. The molecule has 0 aliphatic heterocycles. The molecule has 1 aromatic rings. The fraction of sp³-hybridized carbons (Fsp3) is 0.500. The summed E-state index contributed by atoms with van der Waals surface area (Å²) in [5.74, 6) is 0.221. The molecule has 19 heavy (non-hydrogen) atoms. The molecular formula is C14H19Br2NO2. The molecule has 0 radical (unpaired) electrons. The van der Waals surface area contributed by atoms with Crippen LogP contribution in [0.1, 0.15) is 37.0 Å². The van der Waals surface area contributed by atoms with Crippen molar-refractivity contribution >= 4 is 43.5 Å². The predicted molar refractivity (Wildman–Crippen MR) is 85.7 cm³/mol. The summed E-state index contributed by atoms with van der Waals surface area (Å²) < 4.78 is 6.51. The second kappa shape index (κ2) is 7.90. The van der Waals surface area contributed by atoms with E-state index in [0.29, 0.717) is 11.5 Å². The van der Waals surface area contributed by atoms with Crippen molar-refractivity contribution in [1.82, 2.24) is 0 Å². The molecule has 1 unspecified atom stereocenters. The van der Waals surface area contributed by atoms with Crippen molar-refractivity contribution in [2.45, 2.75) is 26.7 Å². The first-order valence-corrected chi connectivity index (χ1v) is 7.89. The number of ether oxygens (including phenoxy) is 1. The first kappa shape index (κ1) is 16.5. The molecule has 0 spiro atoms. The lowest BCUT2D eigenvalue weighted by Gasteiger charge is -2.16. The largest absolute Gasteiger partial charge is 0.465 e. The van der Waals surface area contributed by atoms with Crippen LogP contribution in [0.2, 0.25) is 0 Å². The summed E-state index contributed by atoms with van der Waals surface area (Å²) in [6, 6.07) is 3.68. The third-order valence-corrected chi connectivity index (χ3v) is 3.95. The van der Waals surface area contributed by atoms with Crippen molar-refractivity contribution in [2.75, 3.05) is 19.0 Å². The minimum absolute atomic E-state index is 0.340. The summed E-state index contributed by atoms with van der Waals surface area (Å²) in [5.41, 5.74) is 1.32. The average molecular weight is 393 g/mol. The standard InChI is InChI=1S/C14H19Br2NO2/c1-4-5-9(2)8-17-13-11(14(18)19-3)6-10(15)7-12(13)16/h6-7,9,17H,4-5,8H2,1-3H3. The number of esters is 1. The van der Waals surface area contributed by atoms with Gasteiger partial charge in [-0.3, -0.25) is 0 Å². The van der Waals surface area contributed by atoms with E-state index in [1.54, 1.807) is 6.07 Å². The Labute approximate surface area is 131 Å². The summed E-state index contributed by atoms with van der Waals surface area (Å²) in [6.45, 7) is 5.20. The number of hydrogen-bond acceptors (Lipinski definition) is 3. The Bertz CT molecular complexity index is 449. The van der Waals surface area contributed by atoms with Crippen LogP contribution in [0.3, 0.4) is 0 Å². The number of rotatable bonds is 6. The molecule has 1 N–H and O–H groups in total. The number of nitrogens with one attached hydrogen (secondary N) is 1. The highest BCUT2D eigenvalue weighted by atomic mass is 79.9. The van der Waals surface area contributed by atoms with Gasteiger partial charge in [-0.25, -0.2) is 4.79 Å². The molecular weight excluding hydrogens is 374 g/mol. The fourth-order valence-electron chi connectivity index (χ4n) is 1.90. The number of methoxy groups -OCH3 is 1. The summed E-state index contributed by atoms with van der Waals surface area (Å²) in [5, 5.41) is 3.34. The second-order valence-corrected chi connectivity index (χ2v) is 6.35. The Kier molecular flexibility index (Phi) is 6.86. The summed E-state index contributed by atoms with van der Waals surface area (Å²) in [6.07, 6.45) is 2.32. The van der Waals surface area contributed by atoms with Gasteiger partial charge in [0.25, 0.3) is 0 Å². The molecule has 0 saturated carbocycles. The molecule has 0 amide bonds. The lowest BCUT2D eigenvalue weighted by Crippen LogP contribution is -2.15. The second-order valence-electron chi connectivity index (χ2n) is 4.58. The SMILES string of the molecule is CCCC(C)CNc1c(Br)cc(Br)cc1C(=O)OC. The highest BCUT2D eigenvalue weighted by molar-refractivity contribution is 9.11. The zero-order valence-electron chi connectivity index (χ0n) is 11.4. The van der Waals surface area contributed by atoms with E-state index >= 15 is 0 Å². The molecule has 0 aromatic heterocycles. The topological polar surface area (TPSA) is 38.3 Å². The molecule has 0 heterocycles. The van der Waals surface area contributed by atoms with Crippen LogP contribution in [0.25, 0.3) is 0 Å². The van der Waals surface area contributed by atoms with E-state index in [0.717, 1.165) is 34.0 Å². The number of halogens is 2. The maximum atomic E-state index is 11.8. The average Bonchev–Trinajstić information content (AvgIpc) is 2.36. The molecule has 0 saturated heterocycles. The van der Waals surface area contributed by atoms with Gasteiger partial charge >= 0.3 is 5.97 Å². The minimum atomic E-state index is -0.340. The Morgan fingerprint density at radius 1 is 1.42 bits per heavy atom. The smallest absolute Gasteiger partial charge is 0.340 e. The Morgan fingerprint density at radius 3 is 2.68 bits per heavy atom. The number of hydrogen-bond donors (Lipinski definition) is 1. The van der Waals surface area contributed by atoms with Crippen molar-refractivity contribution < 1.29 is 9.53 Å². The third kappa shape index (κ3) is 4.80. The van der Waals surface area contributed by atoms with Gasteiger partial charge in [-0.15, -0.1) is 0 Å². The van der Waals surface area contributed by atoms with Crippen molar-refractivity contribution in [3.8, 4) is 0 Å². The van der Waals surface area contributed by atoms with Crippen LogP contribution in [0.4, 0.5) is 5.69 Å². The number of benzene rings is 1. The first-order valence-electron chi connectivity index (χ1n) is 6.30. The maximum Gasteiger partial charge on any atom is 0.340 e. The van der Waals surface area contributed by atoms with E-state index in [1.807, 2.05) is 6.07 Å². The number of anilines is 1. The van der Waals surface area contributed by atoms with Crippen LogP contribution in [0.15, 0.2) is 21.1 Å². The Morgan fingerprint density at radius 2 is 2.11 bits per heavy atom. The zero-order chi connectivity index (χ0) is 14.4. The highest BCUT2D eigenvalue weighted by Gasteiger charge is 2.16. The van der Waals surface area contributed by atoms with Gasteiger partial charge < -0.3 is 10.1 Å². The van der Waals surface area contributed by atoms with Crippen molar-refractivity contribution in [3.05, 3.63) is 26.6 Å². The minimum Gasteiger partial charge on any atom is -0.465 e. The first-order chi connectivity index (χ1) is 8.99. The highest BCUT2D eigenvalue weighted by Crippen LogP contribution is 2.31. The Hall–Kier alpha value is -0.550. The van der Waals surface area contributed by atoms with Crippen LogP contribution in [-0.2, 0) is 4.74 Å². The van der Waals surface area contributed by atoms with E-state index in [1.165, 1.54) is 7.11 Å². The molecule has 1 atom stereocenters. The molecule has 0 aliphatic carbocycles. The quantitative estimate of drug-likeness (QED) is 0.703. The molecule has 0 aliphatic rings. The van der Waals surface area contributed by atoms with Crippen molar-refractivity contribution in [2.24, 2.45) is 5.92 Å². The van der Waals surface area contributed by atoms with E-state index in [9.17, 15) is 4.79 Å². The fourth-order valence-corrected chi connectivity index (χ4v) is 3.26. The molecule has 1 rings (SSSR count). The summed E-state index contributed by atoms with van der Waals surface area (Å²) in [4.78, 5) is 11.8. The van der Waals surface area contributed by atoms with Gasteiger partial charge in [-0.1, -0.05) is 36.2 Å². The van der Waals surface area contributed by atoms with E-state index < -0.39 is 0 Å². The number of carbonyl (C=O) groups excluding carboxylic acids is 1. The van der Waals surface area contributed by atoms with Crippen LogP contribution in [0, 0.1) is 5.92 Å². The van der Waals surface area contributed by atoms with Gasteiger partial charge in [0.15, 0.2) is 0 Å². The lowest BCUT2D eigenvalue weighted by molar-refractivity contribution is 0.0601. The normalized spacial score (nSPS) is 12.1. The van der Waals surface area contributed by atoms with Gasteiger partial charge in [0, 0.05) is 15.5 Å². The molecule has 5 heteroatoms. The monoisotopic (exact) mass is 391 g/mol. The molecule has 3 nitrogen and oxygen atoms in total. The zero-order valence-corrected chi connectivity index (χ0v) is 14.6. The van der Waals surface area contributed by atoms with Gasteiger partial charge in [-0.05, 0) is 40.4 Å². The van der Waals surface area contributed by atoms with E-state index in [4.69, 9.17) is 4.74 Å². The predicted octanol–water partition coefficient (Wildman–Crippen LogP) is 4.85. The molecule has 1 aromatic carbocycles.